The highest BCUT2D eigenvalue weighted by atomic mass is 35.5. The van der Waals surface area contributed by atoms with Gasteiger partial charge in [-0.3, -0.25) is 9.52 Å². The Morgan fingerprint density at radius 2 is 1.68 bits per heavy atom. The number of hydrogen-bond donors (Lipinski definition) is 2. The number of hydrazone groups is 1. The van der Waals surface area contributed by atoms with Crippen molar-refractivity contribution >= 4 is 38.9 Å². The maximum atomic E-state index is 12.7. The molecule has 0 radical (unpaired) electrons. The van der Waals surface area contributed by atoms with E-state index in [-0.39, 0.29) is 21.2 Å². The number of para-hydroxylation sites is 1. The van der Waals surface area contributed by atoms with Crippen molar-refractivity contribution in [2.75, 3.05) is 11.8 Å². The standard InChI is InChI=1S/C22H20ClN3O4S/c1-15(16-10-12-18(30-2)13-11-16)24-25-22(27)17-6-5-7-19(14-17)31(28,29)26-21-9-4-3-8-20(21)23/h3-14,26H,1-2H3,(H,25,27). The summed E-state index contributed by atoms with van der Waals surface area (Å²) in [6.07, 6.45) is 0. The number of hydrogen-bond acceptors (Lipinski definition) is 5. The third kappa shape index (κ3) is 5.62. The molecule has 0 heterocycles. The molecule has 31 heavy (non-hydrogen) atoms. The molecular formula is C22H20ClN3O4S. The number of ether oxygens (including phenoxy) is 1. The highest BCUT2D eigenvalue weighted by molar-refractivity contribution is 7.92. The Labute approximate surface area is 185 Å². The van der Waals surface area contributed by atoms with Crippen LogP contribution in [0.5, 0.6) is 5.75 Å². The Kier molecular flexibility index (Phi) is 6.94. The van der Waals surface area contributed by atoms with Gasteiger partial charge in [-0.15, -0.1) is 0 Å². The number of halogens is 1. The van der Waals surface area contributed by atoms with E-state index < -0.39 is 15.9 Å². The molecular weight excluding hydrogens is 438 g/mol. The number of nitrogens with zero attached hydrogens (tertiary/aromatic N) is 1. The van der Waals surface area contributed by atoms with Crippen LogP contribution in [0.1, 0.15) is 22.8 Å². The van der Waals surface area contributed by atoms with Gasteiger partial charge in [0.15, 0.2) is 0 Å². The van der Waals surface area contributed by atoms with Gasteiger partial charge in [0.1, 0.15) is 5.75 Å². The Morgan fingerprint density at radius 3 is 2.35 bits per heavy atom. The normalized spacial score (nSPS) is 11.6. The fourth-order valence-corrected chi connectivity index (χ4v) is 4.01. The average Bonchev–Trinajstić information content (AvgIpc) is 2.79. The molecule has 0 unspecified atom stereocenters. The lowest BCUT2D eigenvalue weighted by atomic mass is 10.1. The van der Waals surface area contributed by atoms with Crippen molar-refractivity contribution in [2.24, 2.45) is 5.10 Å². The maximum Gasteiger partial charge on any atom is 0.271 e. The topological polar surface area (TPSA) is 96.9 Å². The molecule has 2 N–H and O–H groups in total. The second-order valence-corrected chi connectivity index (χ2v) is 8.57. The smallest absolute Gasteiger partial charge is 0.271 e. The van der Waals surface area contributed by atoms with Gasteiger partial charge in [-0.25, -0.2) is 13.8 Å². The van der Waals surface area contributed by atoms with Crippen molar-refractivity contribution in [1.82, 2.24) is 5.43 Å². The third-order valence-electron chi connectivity index (χ3n) is 4.36. The zero-order chi connectivity index (χ0) is 22.4. The molecule has 0 atom stereocenters. The monoisotopic (exact) mass is 457 g/mol. The van der Waals surface area contributed by atoms with E-state index in [9.17, 15) is 13.2 Å². The fourth-order valence-electron chi connectivity index (χ4n) is 2.65. The number of sulfonamides is 1. The highest BCUT2D eigenvalue weighted by Gasteiger charge is 2.17. The van der Waals surface area contributed by atoms with E-state index in [4.69, 9.17) is 16.3 Å². The van der Waals surface area contributed by atoms with E-state index in [1.54, 1.807) is 50.4 Å². The molecule has 0 aliphatic carbocycles. The van der Waals surface area contributed by atoms with Crippen LogP contribution >= 0.6 is 11.6 Å². The molecule has 3 aromatic rings. The lowest BCUT2D eigenvalue weighted by Crippen LogP contribution is -2.20. The molecule has 0 saturated carbocycles. The second kappa shape index (κ2) is 9.63. The summed E-state index contributed by atoms with van der Waals surface area (Å²) in [5.74, 6) is 0.173. The van der Waals surface area contributed by atoms with Crippen LogP contribution in [0.2, 0.25) is 5.02 Å². The summed E-state index contributed by atoms with van der Waals surface area (Å²) in [6.45, 7) is 1.75. The first-order valence-corrected chi connectivity index (χ1v) is 11.0. The minimum atomic E-state index is -3.93. The van der Waals surface area contributed by atoms with Crippen molar-refractivity contribution in [3.63, 3.8) is 0 Å². The number of amides is 1. The number of carbonyl (C=O) groups excluding carboxylic acids is 1. The summed E-state index contributed by atoms with van der Waals surface area (Å²) in [4.78, 5) is 12.4. The summed E-state index contributed by atoms with van der Waals surface area (Å²) in [5, 5.41) is 4.36. The third-order valence-corrected chi connectivity index (χ3v) is 6.05. The minimum absolute atomic E-state index is 0.0732. The number of benzene rings is 3. The number of nitrogens with one attached hydrogen (secondary N) is 2. The largest absolute Gasteiger partial charge is 0.497 e. The van der Waals surface area contributed by atoms with Gasteiger partial charge in [0.05, 0.1) is 28.4 Å². The van der Waals surface area contributed by atoms with Crippen molar-refractivity contribution < 1.29 is 17.9 Å². The van der Waals surface area contributed by atoms with Gasteiger partial charge in [0.25, 0.3) is 15.9 Å². The fraction of sp³-hybridized carbons (Fsp3) is 0.0909. The van der Waals surface area contributed by atoms with Gasteiger partial charge in [0.2, 0.25) is 0 Å². The van der Waals surface area contributed by atoms with Crippen molar-refractivity contribution in [3.8, 4) is 5.75 Å². The van der Waals surface area contributed by atoms with E-state index >= 15 is 0 Å². The Balaban J connectivity index is 1.75. The lowest BCUT2D eigenvalue weighted by molar-refractivity contribution is 0.0954. The molecule has 9 heteroatoms. The molecule has 0 aliphatic heterocycles. The molecule has 0 spiro atoms. The minimum Gasteiger partial charge on any atom is -0.497 e. The van der Waals surface area contributed by atoms with E-state index in [1.165, 1.54) is 24.3 Å². The summed E-state index contributed by atoms with van der Waals surface area (Å²) in [5.41, 5.74) is 4.23. The molecule has 3 rings (SSSR count). The maximum absolute atomic E-state index is 12.7. The van der Waals surface area contributed by atoms with Crippen molar-refractivity contribution in [3.05, 3.63) is 88.9 Å². The lowest BCUT2D eigenvalue weighted by Gasteiger charge is -2.10. The van der Waals surface area contributed by atoms with Crippen molar-refractivity contribution in [2.45, 2.75) is 11.8 Å². The Bertz CT molecular complexity index is 1230. The second-order valence-electron chi connectivity index (χ2n) is 6.48. The highest BCUT2D eigenvalue weighted by Crippen LogP contribution is 2.24. The zero-order valence-electron chi connectivity index (χ0n) is 16.8. The molecule has 0 aromatic heterocycles. The van der Waals surface area contributed by atoms with Gasteiger partial charge in [-0.05, 0) is 67.1 Å². The molecule has 7 nitrogen and oxygen atoms in total. The SMILES string of the molecule is COc1ccc(C(C)=NNC(=O)c2cccc(S(=O)(=O)Nc3ccccc3Cl)c2)cc1. The molecule has 0 bridgehead atoms. The van der Waals surface area contributed by atoms with E-state index in [2.05, 4.69) is 15.2 Å². The molecule has 1 amide bonds. The molecule has 160 valence electrons. The quantitative estimate of drug-likeness (QED) is 0.408. The van der Waals surface area contributed by atoms with Gasteiger partial charge in [0, 0.05) is 5.56 Å². The van der Waals surface area contributed by atoms with Crippen LogP contribution in [0, 0.1) is 0 Å². The molecule has 0 aliphatic rings. The van der Waals surface area contributed by atoms with Gasteiger partial charge >= 0.3 is 0 Å². The zero-order valence-corrected chi connectivity index (χ0v) is 18.4. The summed E-state index contributed by atoms with van der Waals surface area (Å²) >= 11 is 6.03. The van der Waals surface area contributed by atoms with Crippen LogP contribution in [-0.2, 0) is 10.0 Å². The predicted molar refractivity (Wildman–Crippen MR) is 121 cm³/mol. The molecule has 0 fully saturated rings. The van der Waals surface area contributed by atoms with Crippen LogP contribution in [0.4, 0.5) is 5.69 Å². The molecule has 0 saturated heterocycles. The van der Waals surface area contributed by atoms with Crippen LogP contribution in [0.3, 0.4) is 0 Å². The first-order valence-electron chi connectivity index (χ1n) is 9.16. The summed E-state index contributed by atoms with van der Waals surface area (Å²) in [7, 11) is -2.36. The van der Waals surface area contributed by atoms with Crippen LogP contribution < -0.4 is 14.9 Å². The Hall–Kier alpha value is -3.36. The average molecular weight is 458 g/mol. The number of rotatable bonds is 7. The van der Waals surface area contributed by atoms with Gasteiger partial charge in [-0.2, -0.15) is 5.10 Å². The van der Waals surface area contributed by atoms with E-state index in [0.717, 1.165) is 5.56 Å². The van der Waals surface area contributed by atoms with Crippen molar-refractivity contribution in [1.29, 1.82) is 0 Å². The van der Waals surface area contributed by atoms with Crippen LogP contribution in [0.15, 0.2) is 82.8 Å². The first kappa shape index (κ1) is 22.3. The van der Waals surface area contributed by atoms with E-state index in [0.29, 0.717) is 11.5 Å². The summed E-state index contributed by atoms with van der Waals surface area (Å²) in [6, 6.07) is 19.3. The van der Waals surface area contributed by atoms with Gasteiger partial charge < -0.3 is 4.74 Å². The van der Waals surface area contributed by atoms with E-state index in [1.807, 2.05) is 12.1 Å². The Morgan fingerprint density at radius 1 is 0.968 bits per heavy atom. The van der Waals surface area contributed by atoms with Crippen LogP contribution in [0.25, 0.3) is 0 Å². The van der Waals surface area contributed by atoms with Gasteiger partial charge in [-0.1, -0.05) is 29.8 Å². The van der Waals surface area contributed by atoms with Crippen LogP contribution in [-0.4, -0.2) is 27.1 Å². The summed E-state index contributed by atoms with van der Waals surface area (Å²) < 4.78 is 32.9. The number of methoxy groups -OCH3 is 1. The number of carbonyl (C=O) groups is 1. The molecule has 3 aromatic carbocycles. The number of anilines is 1. The predicted octanol–water partition coefficient (Wildman–Crippen LogP) is 4.30. The first-order chi connectivity index (χ1) is 14.8.